The molecule has 14 heavy (non-hydrogen) atoms. The lowest BCUT2D eigenvalue weighted by atomic mass is 9.99. The molecule has 2 heteroatoms. The van der Waals surface area contributed by atoms with E-state index in [-0.39, 0.29) is 0 Å². The summed E-state index contributed by atoms with van der Waals surface area (Å²) in [6.45, 7) is 4.25. The number of allylic oxidation sites excluding steroid dienone is 4. The van der Waals surface area contributed by atoms with Crippen LogP contribution in [0.25, 0.3) is 0 Å². The molecule has 2 unspecified atom stereocenters. The van der Waals surface area contributed by atoms with Crippen LogP contribution in [-0.2, 0) is 0 Å². The van der Waals surface area contributed by atoms with Crippen molar-refractivity contribution in [3.8, 4) is 0 Å². The van der Waals surface area contributed by atoms with Gasteiger partial charge in [-0.3, -0.25) is 0 Å². The van der Waals surface area contributed by atoms with Crippen molar-refractivity contribution >= 4 is 0 Å². The van der Waals surface area contributed by atoms with E-state index in [0.29, 0.717) is 12.1 Å². The van der Waals surface area contributed by atoms with Crippen LogP contribution in [0.1, 0.15) is 13.8 Å². The van der Waals surface area contributed by atoms with Crippen LogP contribution in [0.4, 0.5) is 0 Å². The maximum Gasteiger partial charge on any atom is 0.0682 e. The van der Waals surface area contributed by atoms with Crippen molar-refractivity contribution in [2.75, 3.05) is 0 Å². The van der Waals surface area contributed by atoms with Crippen molar-refractivity contribution < 1.29 is 0 Å². The summed E-state index contributed by atoms with van der Waals surface area (Å²) in [5.74, 6) is 0. The Kier molecular flexibility index (Phi) is 2.44. The van der Waals surface area contributed by atoms with Crippen molar-refractivity contribution in [3.63, 3.8) is 0 Å². The smallest absolute Gasteiger partial charge is 0.0682 e. The SMILES string of the molecule is CC1=CC(C2C=C(C)C=CN2)NC=C1. The van der Waals surface area contributed by atoms with Crippen molar-refractivity contribution in [3.05, 3.63) is 47.9 Å². The standard InChI is InChI=1S/C12H16N2/c1-9-3-5-13-11(7-9)12-8-10(2)4-6-14-12/h3-8,11-14H,1-2H3. The Morgan fingerprint density at radius 3 is 1.64 bits per heavy atom. The molecule has 0 aromatic heterocycles. The molecule has 2 N–H and O–H groups in total. The third-order valence-corrected chi connectivity index (χ3v) is 2.54. The van der Waals surface area contributed by atoms with Crippen LogP contribution < -0.4 is 10.6 Å². The first kappa shape index (κ1) is 9.13. The second-order valence-corrected chi connectivity index (χ2v) is 3.87. The lowest BCUT2D eigenvalue weighted by Gasteiger charge is -2.27. The van der Waals surface area contributed by atoms with Crippen molar-refractivity contribution in [1.29, 1.82) is 0 Å². The molecule has 2 rings (SSSR count). The number of hydrogen-bond acceptors (Lipinski definition) is 2. The topological polar surface area (TPSA) is 24.1 Å². The molecule has 2 aliphatic rings. The zero-order valence-corrected chi connectivity index (χ0v) is 8.62. The van der Waals surface area contributed by atoms with Crippen LogP contribution >= 0.6 is 0 Å². The van der Waals surface area contributed by atoms with Gasteiger partial charge in [0.2, 0.25) is 0 Å². The number of rotatable bonds is 1. The molecule has 0 saturated heterocycles. The molecule has 0 aliphatic carbocycles. The third kappa shape index (κ3) is 1.90. The van der Waals surface area contributed by atoms with E-state index in [9.17, 15) is 0 Å². The van der Waals surface area contributed by atoms with Gasteiger partial charge in [0.1, 0.15) is 0 Å². The fraction of sp³-hybridized carbons (Fsp3) is 0.333. The highest BCUT2D eigenvalue weighted by Gasteiger charge is 2.17. The molecule has 0 spiro atoms. The predicted molar refractivity (Wildman–Crippen MR) is 59.6 cm³/mol. The van der Waals surface area contributed by atoms with Gasteiger partial charge in [-0.25, -0.2) is 0 Å². The van der Waals surface area contributed by atoms with Crippen molar-refractivity contribution in [2.45, 2.75) is 25.9 Å². The second-order valence-electron chi connectivity index (χ2n) is 3.87. The molecule has 74 valence electrons. The summed E-state index contributed by atoms with van der Waals surface area (Å²) >= 11 is 0. The molecule has 0 bridgehead atoms. The predicted octanol–water partition coefficient (Wildman–Crippen LogP) is 1.85. The average molecular weight is 188 g/mol. The van der Waals surface area contributed by atoms with E-state index in [2.05, 4.69) is 48.8 Å². The fourth-order valence-electron chi connectivity index (χ4n) is 1.77. The van der Waals surface area contributed by atoms with Gasteiger partial charge in [0.25, 0.3) is 0 Å². The van der Waals surface area contributed by atoms with Gasteiger partial charge in [-0.1, -0.05) is 23.3 Å². The summed E-state index contributed by atoms with van der Waals surface area (Å²) in [6.07, 6.45) is 12.7. The van der Waals surface area contributed by atoms with E-state index in [1.165, 1.54) is 11.1 Å². The molecule has 2 atom stereocenters. The van der Waals surface area contributed by atoms with E-state index < -0.39 is 0 Å². The maximum absolute atomic E-state index is 3.34. The molecule has 2 aliphatic heterocycles. The Labute approximate surface area is 85.1 Å². The van der Waals surface area contributed by atoms with E-state index in [4.69, 9.17) is 0 Å². The van der Waals surface area contributed by atoms with Crippen LogP contribution in [0.15, 0.2) is 47.9 Å². The summed E-state index contributed by atoms with van der Waals surface area (Å²) < 4.78 is 0. The molecule has 0 fully saturated rings. The molecule has 0 radical (unpaired) electrons. The summed E-state index contributed by atoms with van der Waals surface area (Å²) in [7, 11) is 0. The summed E-state index contributed by atoms with van der Waals surface area (Å²) in [5, 5.41) is 6.68. The van der Waals surface area contributed by atoms with Gasteiger partial charge in [0.05, 0.1) is 12.1 Å². The Morgan fingerprint density at radius 2 is 1.29 bits per heavy atom. The van der Waals surface area contributed by atoms with Gasteiger partial charge in [-0.05, 0) is 38.4 Å². The fourth-order valence-corrected chi connectivity index (χ4v) is 1.77. The first-order valence-electron chi connectivity index (χ1n) is 4.98. The first-order valence-corrected chi connectivity index (χ1v) is 4.98. The van der Waals surface area contributed by atoms with Crippen LogP contribution in [0.3, 0.4) is 0 Å². The zero-order chi connectivity index (χ0) is 9.97. The van der Waals surface area contributed by atoms with Crippen molar-refractivity contribution in [1.82, 2.24) is 10.6 Å². The highest BCUT2D eigenvalue weighted by atomic mass is 15.0. The van der Waals surface area contributed by atoms with Crippen LogP contribution in [0.2, 0.25) is 0 Å². The van der Waals surface area contributed by atoms with Gasteiger partial charge in [0.15, 0.2) is 0 Å². The minimum atomic E-state index is 0.361. The van der Waals surface area contributed by atoms with Gasteiger partial charge in [-0.2, -0.15) is 0 Å². The number of dihydropyridines is 2. The summed E-state index contributed by atoms with van der Waals surface area (Å²) in [5.41, 5.74) is 2.63. The zero-order valence-electron chi connectivity index (χ0n) is 8.62. The van der Waals surface area contributed by atoms with Gasteiger partial charge >= 0.3 is 0 Å². The van der Waals surface area contributed by atoms with Gasteiger partial charge < -0.3 is 10.6 Å². The van der Waals surface area contributed by atoms with Crippen LogP contribution in [0.5, 0.6) is 0 Å². The molecular formula is C12H16N2. The third-order valence-electron chi connectivity index (χ3n) is 2.54. The average Bonchev–Trinajstić information content (AvgIpc) is 2.18. The first-order chi connectivity index (χ1) is 6.75. The normalized spacial score (nSPS) is 30.1. The molecule has 0 saturated carbocycles. The minimum Gasteiger partial charge on any atom is -0.382 e. The number of nitrogens with one attached hydrogen (secondary N) is 2. The Morgan fingerprint density at radius 1 is 0.857 bits per heavy atom. The molecule has 0 aromatic carbocycles. The Bertz CT molecular complexity index is 300. The largest absolute Gasteiger partial charge is 0.382 e. The highest BCUT2D eigenvalue weighted by Crippen LogP contribution is 2.12. The van der Waals surface area contributed by atoms with Crippen molar-refractivity contribution in [2.24, 2.45) is 0 Å². The van der Waals surface area contributed by atoms with Crippen LogP contribution in [0, 0.1) is 0 Å². The van der Waals surface area contributed by atoms with Crippen LogP contribution in [-0.4, -0.2) is 12.1 Å². The highest BCUT2D eigenvalue weighted by molar-refractivity contribution is 5.30. The summed E-state index contributed by atoms with van der Waals surface area (Å²) in [4.78, 5) is 0. The molecular weight excluding hydrogens is 172 g/mol. The van der Waals surface area contributed by atoms with Gasteiger partial charge in [-0.15, -0.1) is 0 Å². The molecule has 0 amide bonds. The lowest BCUT2D eigenvalue weighted by Crippen LogP contribution is -2.44. The number of hydrogen-bond donors (Lipinski definition) is 2. The second kappa shape index (κ2) is 3.74. The van der Waals surface area contributed by atoms with E-state index in [1.54, 1.807) is 0 Å². The van der Waals surface area contributed by atoms with E-state index in [0.717, 1.165) is 0 Å². The Hall–Kier alpha value is -1.44. The molecule has 2 nitrogen and oxygen atoms in total. The van der Waals surface area contributed by atoms with E-state index >= 15 is 0 Å². The monoisotopic (exact) mass is 188 g/mol. The molecule has 2 heterocycles. The lowest BCUT2D eigenvalue weighted by molar-refractivity contribution is 0.553. The molecule has 0 aromatic rings. The van der Waals surface area contributed by atoms with E-state index in [1.807, 2.05) is 12.4 Å². The summed E-state index contributed by atoms with van der Waals surface area (Å²) in [6, 6.07) is 0.722. The van der Waals surface area contributed by atoms with Gasteiger partial charge in [0, 0.05) is 0 Å². The minimum absolute atomic E-state index is 0.361. The Balaban J connectivity index is 2.10. The maximum atomic E-state index is 3.34. The quantitative estimate of drug-likeness (QED) is 0.656.